The zero-order valence-electron chi connectivity index (χ0n) is 14.6. The number of aromatic nitrogens is 1. The van der Waals surface area contributed by atoms with Crippen LogP contribution in [0.1, 0.15) is 28.9 Å². The monoisotopic (exact) mass is 360 g/mol. The van der Waals surface area contributed by atoms with Crippen LogP contribution in [0, 0.1) is 11.3 Å². The molecule has 0 aliphatic rings. The van der Waals surface area contributed by atoms with Crippen molar-refractivity contribution in [2.45, 2.75) is 18.6 Å². The Bertz CT molecular complexity index is 855. The van der Waals surface area contributed by atoms with E-state index in [2.05, 4.69) is 36.2 Å². The molecule has 4 heteroatoms. The lowest BCUT2D eigenvalue weighted by atomic mass is 10.1. The summed E-state index contributed by atoms with van der Waals surface area (Å²) in [6.07, 6.45) is 4.70. The van der Waals surface area contributed by atoms with Gasteiger partial charge in [-0.3, -0.25) is 4.98 Å². The Hall–Kier alpha value is -2.77. The molecule has 26 heavy (non-hydrogen) atoms. The van der Waals surface area contributed by atoms with E-state index >= 15 is 0 Å². The van der Waals surface area contributed by atoms with Gasteiger partial charge in [-0.1, -0.05) is 25.1 Å². The summed E-state index contributed by atoms with van der Waals surface area (Å²) in [5, 5.41) is 9.25. The van der Waals surface area contributed by atoms with Gasteiger partial charge in [-0.2, -0.15) is 17.0 Å². The zero-order chi connectivity index (χ0) is 18.2. The maximum Gasteiger partial charge on any atom is 0.127 e. The van der Waals surface area contributed by atoms with E-state index in [9.17, 15) is 0 Å². The lowest BCUT2D eigenvalue weighted by molar-refractivity contribution is 0.482. The van der Waals surface area contributed by atoms with E-state index < -0.39 is 0 Å². The minimum absolute atomic E-state index is 0.396. The fourth-order valence-electron chi connectivity index (χ4n) is 2.69. The van der Waals surface area contributed by atoms with Crippen LogP contribution in [-0.4, -0.2) is 10.7 Å². The third kappa shape index (κ3) is 4.87. The van der Waals surface area contributed by atoms with Crippen molar-refractivity contribution in [3.05, 3.63) is 89.7 Å². The molecule has 2 aromatic carbocycles. The third-order valence-electron chi connectivity index (χ3n) is 3.98. The molecule has 0 aliphatic heterocycles. The quantitative estimate of drug-likeness (QED) is 0.535. The summed E-state index contributed by atoms with van der Waals surface area (Å²) < 4.78 is 5.86. The average Bonchev–Trinajstić information content (AvgIpc) is 2.70. The molecular weight excluding hydrogens is 340 g/mol. The molecule has 0 radical (unpaired) electrons. The largest absolute Gasteiger partial charge is 0.457 e. The zero-order valence-corrected chi connectivity index (χ0v) is 15.4. The van der Waals surface area contributed by atoms with E-state index in [0.29, 0.717) is 10.8 Å². The second-order valence-electron chi connectivity index (χ2n) is 5.82. The molecule has 0 N–H and O–H groups in total. The predicted molar refractivity (Wildman–Crippen MR) is 106 cm³/mol. The standard InChI is InChI=1S/C22H20N2OS/c1-2-26-22(14-18-4-3-13-24-16-18)19-7-11-21(12-8-19)25-20-9-5-17(15-23)6-10-20/h3-13,16,22H,2,14H2,1H3. The van der Waals surface area contributed by atoms with E-state index in [4.69, 9.17) is 10.00 Å². The lowest BCUT2D eigenvalue weighted by Gasteiger charge is -2.17. The molecular formula is C22H20N2OS. The molecule has 3 aromatic rings. The number of hydrogen-bond donors (Lipinski definition) is 0. The van der Waals surface area contributed by atoms with Crippen molar-refractivity contribution in [3.63, 3.8) is 0 Å². The summed E-state index contributed by atoms with van der Waals surface area (Å²) in [5.41, 5.74) is 3.16. The van der Waals surface area contributed by atoms with Crippen LogP contribution in [0.3, 0.4) is 0 Å². The molecule has 1 aromatic heterocycles. The van der Waals surface area contributed by atoms with Crippen LogP contribution in [0.2, 0.25) is 0 Å². The van der Waals surface area contributed by atoms with Gasteiger partial charge >= 0.3 is 0 Å². The maximum atomic E-state index is 8.85. The van der Waals surface area contributed by atoms with Gasteiger partial charge < -0.3 is 4.74 Å². The SMILES string of the molecule is CCSC(Cc1cccnc1)c1ccc(Oc2ccc(C#N)cc2)cc1. The average molecular weight is 360 g/mol. The van der Waals surface area contributed by atoms with Crippen LogP contribution < -0.4 is 4.74 Å². The van der Waals surface area contributed by atoms with Crippen molar-refractivity contribution < 1.29 is 4.74 Å². The van der Waals surface area contributed by atoms with Crippen LogP contribution in [0.25, 0.3) is 0 Å². The second-order valence-corrected chi connectivity index (χ2v) is 7.30. The number of benzene rings is 2. The number of nitriles is 1. The number of pyridine rings is 1. The van der Waals surface area contributed by atoms with Crippen LogP contribution in [0.5, 0.6) is 11.5 Å². The normalized spacial score (nSPS) is 11.5. The third-order valence-corrected chi connectivity index (χ3v) is 5.16. The summed E-state index contributed by atoms with van der Waals surface area (Å²) in [4.78, 5) is 4.22. The Kier molecular flexibility index (Phi) is 6.29. The molecule has 0 spiro atoms. The highest BCUT2D eigenvalue weighted by Crippen LogP contribution is 2.33. The second kappa shape index (κ2) is 9.07. The minimum atomic E-state index is 0.396. The van der Waals surface area contributed by atoms with E-state index in [1.54, 1.807) is 18.3 Å². The number of ether oxygens (including phenoxy) is 1. The van der Waals surface area contributed by atoms with E-state index in [1.165, 1.54) is 11.1 Å². The molecule has 0 saturated heterocycles. The predicted octanol–water partition coefficient (Wildman–Crippen LogP) is 5.78. The van der Waals surface area contributed by atoms with Gasteiger partial charge in [0.15, 0.2) is 0 Å². The first-order valence-electron chi connectivity index (χ1n) is 8.57. The summed E-state index contributed by atoms with van der Waals surface area (Å²) in [6.45, 7) is 2.18. The molecule has 130 valence electrons. The molecule has 0 fully saturated rings. The van der Waals surface area contributed by atoms with Crippen molar-refractivity contribution in [1.29, 1.82) is 5.26 Å². The molecule has 1 unspecified atom stereocenters. The van der Waals surface area contributed by atoms with Crippen molar-refractivity contribution in [2.75, 3.05) is 5.75 Å². The van der Waals surface area contributed by atoms with Gasteiger partial charge in [0.25, 0.3) is 0 Å². The van der Waals surface area contributed by atoms with Gasteiger partial charge in [-0.05, 0) is 65.8 Å². The Morgan fingerprint density at radius 1 is 1.04 bits per heavy atom. The number of rotatable bonds is 7. The van der Waals surface area contributed by atoms with E-state index in [0.717, 1.165) is 23.7 Å². The first kappa shape index (κ1) is 18.0. The highest BCUT2D eigenvalue weighted by molar-refractivity contribution is 7.99. The van der Waals surface area contributed by atoms with Crippen molar-refractivity contribution in [1.82, 2.24) is 4.98 Å². The Morgan fingerprint density at radius 2 is 1.73 bits per heavy atom. The molecule has 0 saturated carbocycles. The highest BCUT2D eigenvalue weighted by atomic mass is 32.2. The summed E-state index contributed by atoms with van der Waals surface area (Å²) in [5.74, 6) is 2.58. The fourth-order valence-corrected chi connectivity index (χ4v) is 3.75. The number of hydrogen-bond acceptors (Lipinski definition) is 4. The topological polar surface area (TPSA) is 45.9 Å². The molecule has 1 heterocycles. The van der Waals surface area contributed by atoms with Gasteiger partial charge in [-0.25, -0.2) is 0 Å². The van der Waals surface area contributed by atoms with E-state index in [-0.39, 0.29) is 0 Å². The Balaban J connectivity index is 1.70. The molecule has 3 nitrogen and oxygen atoms in total. The van der Waals surface area contributed by atoms with Crippen LogP contribution in [0.15, 0.2) is 73.1 Å². The molecule has 0 amide bonds. The molecule has 3 rings (SSSR count). The van der Waals surface area contributed by atoms with Crippen molar-refractivity contribution in [2.24, 2.45) is 0 Å². The maximum absolute atomic E-state index is 8.85. The summed E-state index contributed by atoms with van der Waals surface area (Å²) >= 11 is 1.94. The number of thioether (sulfide) groups is 1. The lowest BCUT2D eigenvalue weighted by Crippen LogP contribution is -2.00. The van der Waals surface area contributed by atoms with Gasteiger partial charge in [0.2, 0.25) is 0 Å². The first-order chi connectivity index (χ1) is 12.8. The highest BCUT2D eigenvalue weighted by Gasteiger charge is 2.13. The summed E-state index contributed by atoms with van der Waals surface area (Å²) in [6, 6.07) is 21.6. The summed E-state index contributed by atoms with van der Waals surface area (Å²) in [7, 11) is 0. The van der Waals surface area contributed by atoms with Crippen LogP contribution in [-0.2, 0) is 6.42 Å². The van der Waals surface area contributed by atoms with Gasteiger partial charge in [0.05, 0.1) is 11.6 Å². The first-order valence-corrected chi connectivity index (χ1v) is 9.62. The molecule has 0 bridgehead atoms. The Morgan fingerprint density at radius 3 is 2.31 bits per heavy atom. The van der Waals surface area contributed by atoms with Crippen LogP contribution >= 0.6 is 11.8 Å². The minimum Gasteiger partial charge on any atom is -0.457 e. The fraction of sp³-hybridized carbons (Fsp3) is 0.182. The van der Waals surface area contributed by atoms with Crippen molar-refractivity contribution >= 4 is 11.8 Å². The smallest absolute Gasteiger partial charge is 0.127 e. The van der Waals surface area contributed by atoms with Gasteiger partial charge in [0.1, 0.15) is 11.5 Å². The van der Waals surface area contributed by atoms with Gasteiger partial charge in [-0.15, -0.1) is 0 Å². The number of nitrogens with zero attached hydrogens (tertiary/aromatic N) is 2. The molecule has 1 atom stereocenters. The molecule has 0 aliphatic carbocycles. The van der Waals surface area contributed by atoms with E-state index in [1.807, 2.05) is 48.3 Å². The van der Waals surface area contributed by atoms with Crippen molar-refractivity contribution in [3.8, 4) is 17.6 Å². The van der Waals surface area contributed by atoms with Gasteiger partial charge in [0, 0.05) is 17.6 Å². The Labute approximate surface area is 158 Å². The van der Waals surface area contributed by atoms with Crippen LogP contribution in [0.4, 0.5) is 0 Å².